The minimum atomic E-state index is -0.0705. The molecule has 1 aliphatic carbocycles. The second-order valence-corrected chi connectivity index (χ2v) is 4.83. The van der Waals surface area contributed by atoms with E-state index in [1.165, 1.54) is 5.57 Å². The fourth-order valence-electron chi connectivity index (χ4n) is 2.25. The average Bonchev–Trinajstić information content (AvgIpc) is 2.29. The topological polar surface area (TPSA) is 20.3 Å². The number of carbonyl (C=O) groups is 1. The number of hydrogen-bond donors (Lipinski definition) is 0. The van der Waals surface area contributed by atoms with Gasteiger partial charge in [-0.25, -0.2) is 0 Å². The minimum absolute atomic E-state index is 0.0705. The molecule has 0 bridgehead atoms. The van der Waals surface area contributed by atoms with Crippen LogP contribution in [-0.4, -0.2) is 23.9 Å². The smallest absolute Gasteiger partial charge is 0.230 e. The first-order chi connectivity index (χ1) is 7.15. The molecule has 0 aromatic carbocycles. The number of carbonyl (C=O) groups excluding carboxylic acids is 1. The maximum absolute atomic E-state index is 11.9. The normalized spacial score (nSPS) is 30.1. The molecule has 2 nitrogen and oxygen atoms in total. The summed E-state index contributed by atoms with van der Waals surface area (Å²) in [5.74, 6) is 0.324. The van der Waals surface area contributed by atoms with Crippen molar-refractivity contribution in [1.82, 2.24) is 4.90 Å². The van der Waals surface area contributed by atoms with E-state index in [0.717, 1.165) is 32.4 Å². The van der Waals surface area contributed by atoms with Crippen LogP contribution < -0.4 is 0 Å². The van der Waals surface area contributed by atoms with Gasteiger partial charge >= 0.3 is 0 Å². The maximum Gasteiger partial charge on any atom is 0.230 e. The number of nitrogens with zero attached hydrogens (tertiary/aromatic N) is 1. The summed E-state index contributed by atoms with van der Waals surface area (Å²) in [7, 11) is 0. The minimum Gasteiger partial charge on any atom is -0.337 e. The predicted octanol–water partition coefficient (Wildman–Crippen LogP) is 2.52. The van der Waals surface area contributed by atoms with E-state index >= 15 is 0 Å². The van der Waals surface area contributed by atoms with E-state index in [1.807, 2.05) is 4.90 Å². The van der Waals surface area contributed by atoms with Crippen LogP contribution in [0.25, 0.3) is 0 Å². The zero-order valence-electron chi connectivity index (χ0n) is 9.62. The van der Waals surface area contributed by atoms with E-state index < -0.39 is 0 Å². The molecule has 0 aromatic rings. The van der Waals surface area contributed by atoms with Crippen molar-refractivity contribution in [3.05, 3.63) is 23.8 Å². The van der Waals surface area contributed by atoms with Crippen molar-refractivity contribution in [3.63, 3.8) is 0 Å². The van der Waals surface area contributed by atoms with Crippen molar-refractivity contribution >= 4 is 5.91 Å². The quantitative estimate of drug-likeness (QED) is 0.648. The highest BCUT2D eigenvalue weighted by molar-refractivity contribution is 5.88. The predicted molar refractivity (Wildman–Crippen MR) is 61.4 cm³/mol. The molecule has 0 aromatic heterocycles. The van der Waals surface area contributed by atoms with Crippen LogP contribution in [0.5, 0.6) is 0 Å². The molecule has 0 N–H and O–H groups in total. The van der Waals surface area contributed by atoms with Gasteiger partial charge in [0.25, 0.3) is 0 Å². The highest BCUT2D eigenvalue weighted by Crippen LogP contribution is 2.35. The van der Waals surface area contributed by atoms with Gasteiger partial charge in [-0.2, -0.15) is 0 Å². The van der Waals surface area contributed by atoms with Crippen molar-refractivity contribution in [2.24, 2.45) is 5.41 Å². The molecule has 1 atom stereocenters. The second kappa shape index (κ2) is 3.84. The molecule has 2 rings (SSSR count). The molecule has 1 fully saturated rings. The number of amides is 1. The van der Waals surface area contributed by atoms with Crippen LogP contribution in [0.1, 0.15) is 33.1 Å². The Morgan fingerprint density at radius 2 is 2.27 bits per heavy atom. The van der Waals surface area contributed by atoms with Gasteiger partial charge in [0, 0.05) is 13.1 Å². The molecule has 2 aliphatic rings. The van der Waals surface area contributed by atoms with Crippen molar-refractivity contribution in [2.45, 2.75) is 33.1 Å². The van der Waals surface area contributed by atoms with E-state index in [1.54, 1.807) is 0 Å². The Balaban J connectivity index is 1.91. The second-order valence-electron chi connectivity index (χ2n) is 4.83. The van der Waals surface area contributed by atoms with Gasteiger partial charge < -0.3 is 4.90 Å². The molecule has 0 saturated carbocycles. The molecule has 15 heavy (non-hydrogen) atoms. The lowest BCUT2D eigenvalue weighted by Gasteiger charge is -2.46. The standard InChI is InChI=1S/C13H19NO/c1-3-13(2)10-14(12(13)15)9-11-7-5-4-6-8-11/h5,7-8H,3-4,6,9-10H2,1-2H3. The zero-order valence-corrected chi connectivity index (χ0v) is 9.62. The molecule has 1 heterocycles. The fraction of sp³-hybridized carbons (Fsp3) is 0.615. The van der Waals surface area contributed by atoms with E-state index in [2.05, 4.69) is 32.1 Å². The van der Waals surface area contributed by atoms with Gasteiger partial charge in [-0.1, -0.05) is 25.2 Å². The summed E-state index contributed by atoms with van der Waals surface area (Å²) >= 11 is 0. The van der Waals surface area contributed by atoms with Crippen LogP contribution in [0.3, 0.4) is 0 Å². The van der Waals surface area contributed by atoms with Crippen molar-refractivity contribution in [3.8, 4) is 0 Å². The average molecular weight is 205 g/mol. The monoisotopic (exact) mass is 205 g/mol. The van der Waals surface area contributed by atoms with Crippen LogP contribution in [0.4, 0.5) is 0 Å². The number of rotatable bonds is 3. The molecular formula is C13H19NO. The van der Waals surface area contributed by atoms with Gasteiger partial charge in [-0.15, -0.1) is 0 Å². The molecule has 1 saturated heterocycles. The Bertz CT molecular complexity index is 329. The fourth-order valence-corrected chi connectivity index (χ4v) is 2.25. The lowest BCUT2D eigenvalue weighted by molar-refractivity contribution is -0.157. The van der Waals surface area contributed by atoms with Crippen LogP contribution >= 0.6 is 0 Å². The Kier molecular flexibility index (Phi) is 2.68. The van der Waals surface area contributed by atoms with Crippen LogP contribution in [0.15, 0.2) is 23.8 Å². The summed E-state index contributed by atoms with van der Waals surface area (Å²) in [5, 5.41) is 0. The van der Waals surface area contributed by atoms with Crippen molar-refractivity contribution in [2.75, 3.05) is 13.1 Å². The van der Waals surface area contributed by atoms with Crippen molar-refractivity contribution in [1.29, 1.82) is 0 Å². The largest absolute Gasteiger partial charge is 0.337 e. The van der Waals surface area contributed by atoms with E-state index in [-0.39, 0.29) is 5.41 Å². The molecule has 1 unspecified atom stereocenters. The molecular weight excluding hydrogens is 186 g/mol. The molecule has 0 spiro atoms. The van der Waals surface area contributed by atoms with E-state index in [4.69, 9.17) is 0 Å². The van der Waals surface area contributed by atoms with Crippen molar-refractivity contribution < 1.29 is 4.79 Å². The number of likely N-dealkylation sites (tertiary alicyclic amines) is 1. The van der Waals surface area contributed by atoms with E-state index in [9.17, 15) is 4.79 Å². The van der Waals surface area contributed by atoms with Gasteiger partial charge in [0.1, 0.15) is 0 Å². The lowest BCUT2D eigenvalue weighted by atomic mass is 9.78. The molecule has 1 aliphatic heterocycles. The Morgan fingerprint density at radius 1 is 1.47 bits per heavy atom. The van der Waals surface area contributed by atoms with Gasteiger partial charge in [0.2, 0.25) is 5.91 Å². The van der Waals surface area contributed by atoms with Gasteiger partial charge in [-0.3, -0.25) is 4.79 Å². The maximum atomic E-state index is 11.9. The Labute approximate surface area is 91.6 Å². The first kappa shape index (κ1) is 10.5. The third kappa shape index (κ3) is 1.85. The number of allylic oxidation sites excluding steroid dienone is 2. The first-order valence-corrected chi connectivity index (χ1v) is 5.81. The molecule has 1 amide bonds. The van der Waals surface area contributed by atoms with Crippen LogP contribution in [0, 0.1) is 5.41 Å². The summed E-state index contributed by atoms with van der Waals surface area (Å²) in [5.41, 5.74) is 1.23. The van der Waals surface area contributed by atoms with Crippen LogP contribution in [0.2, 0.25) is 0 Å². The molecule has 82 valence electrons. The zero-order chi connectivity index (χ0) is 10.9. The van der Waals surface area contributed by atoms with Gasteiger partial charge in [-0.05, 0) is 31.8 Å². The number of hydrogen-bond acceptors (Lipinski definition) is 1. The van der Waals surface area contributed by atoms with Gasteiger partial charge in [0.05, 0.1) is 5.41 Å². The summed E-state index contributed by atoms with van der Waals surface area (Å²) in [4.78, 5) is 13.8. The van der Waals surface area contributed by atoms with Crippen LogP contribution in [-0.2, 0) is 4.79 Å². The SMILES string of the molecule is CCC1(C)CN(CC2=CCCC=C2)C1=O. The lowest BCUT2D eigenvalue weighted by Crippen LogP contribution is -2.59. The first-order valence-electron chi connectivity index (χ1n) is 5.81. The Morgan fingerprint density at radius 3 is 2.80 bits per heavy atom. The highest BCUT2D eigenvalue weighted by Gasteiger charge is 2.46. The Hall–Kier alpha value is -1.05. The van der Waals surface area contributed by atoms with Gasteiger partial charge in [0.15, 0.2) is 0 Å². The van der Waals surface area contributed by atoms with E-state index in [0.29, 0.717) is 5.91 Å². The number of β-lactam (4-membered cyclic amide) rings is 1. The summed E-state index contributed by atoms with van der Waals surface area (Å²) in [6, 6.07) is 0. The molecule has 2 heteroatoms. The summed E-state index contributed by atoms with van der Waals surface area (Å²) in [6.45, 7) is 5.89. The highest BCUT2D eigenvalue weighted by atomic mass is 16.2. The summed E-state index contributed by atoms with van der Waals surface area (Å²) in [6.07, 6.45) is 9.81. The third-order valence-electron chi connectivity index (χ3n) is 3.57. The summed E-state index contributed by atoms with van der Waals surface area (Å²) < 4.78 is 0. The third-order valence-corrected chi connectivity index (χ3v) is 3.57. The molecule has 0 radical (unpaired) electrons.